The number of ketones is 1. The average Bonchev–Trinajstić information content (AvgIpc) is 2.72. The van der Waals surface area contributed by atoms with Crippen LogP contribution >= 0.6 is 22.6 Å². The molecule has 5 nitrogen and oxygen atoms in total. The van der Waals surface area contributed by atoms with E-state index in [1.807, 2.05) is 61.5 Å². The van der Waals surface area contributed by atoms with Gasteiger partial charge in [-0.25, -0.2) is 4.79 Å². The summed E-state index contributed by atoms with van der Waals surface area (Å²) in [7, 11) is 1.71. The van der Waals surface area contributed by atoms with Gasteiger partial charge in [0.05, 0.1) is 12.0 Å². The van der Waals surface area contributed by atoms with E-state index in [9.17, 15) is 9.59 Å². The van der Waals surface area contributed by atoms with Crippen LogP contribution in [0.3, 0.4) is 0 Å². The first-order chi connectivity index (χ1) is 13.8. The van der Waals surface area contributed by atoms with Crippen LogP contribution in [0.25, 0.3) is 0 Å². The zero-order valence-electron chi connectivity index (χ0n) is 17.2. The van der Waals surface area contributed by atoms with Crippen LogP contribution in [0, 0.1) is 3.57 Å². The normalized spacial score (nSPS) is 12.8. The van der Waals surface area contributed by atoms with Gasteiger partial charge in [0.2, 0.25) is 0 Å². The first kappa shape index (κ1) is 23.3. The molecule has 156 valence electrons. The second kappa shape index (κ2) is 11.3. The molecule has 1 atom stereocenters. The van der Waals surface area contributed by atoms with Crippen LogP contribution in [0.2, 0.25) is 0 Å². The van der Waals surface area contributed by atoms with Gasteiger partial charge in [-0.3, -0.25) is 4.79 Å². The average molecular weight is 509 g/mol. The van der Waals surface area contributed by atoms with Gasteiger partial charge in [-0.05, 0) is 66.1 Å². The molecule has 0 aliphatic carbocycles. The third kappa shape index (κ3) is 7.12. The lowest BCUT2D eigenvalue weighted by Gasteiger charge is -2.27. The Kier molecular flexibility index (Phi) is 9.10. The van der Waals surface area contributed by atoms with Gasteiger partial charge in [0.25, 0.3) is 0 Å². The molecule has 6 heteroatoms. The van der Waals surface area contributed by atoms with E-state index in [-0.39, 0.29) is 18.5 Å². The third-order valence-electron chi connectivity index (χ3n) is 4.93. The fourth-order valence-electron chi connectivity index (χ4n) is 2.82. The van der Waals surface area contributed by atoms with E-state index >= 15 is 0 Å². The van der Waals surface area contributed by atoms with Crippen molar-refractivity contribution < 1.29 is 19.1 Å². The summed E-state index contributed by atoms with van der Waals surface area (Å²) in [5.41, 5.74) is 1.23. The molecule has 0 bridgehead atoms. The Morgan fingerprint density at radius 3 is 2.48 bits per heavy atom. The standard InChI is InChI=1S/C23H28INO4/c1-18(26)23(2,20-11-7-12-21(24)15-20)17-28-14-8-13-25(3)22(27)29-16-19-9-5-4-6-10-19/h4-7,9-12,15H,8,13-14,16-17H2,1-3H3. The van der Waals surface area contributed by atoms with Crippen LogP contribution in [0.4, 0.5) is 4.79 Å². The number of carbonyl (C=O) groups is 2. The number of Topliss-reactive ketones (excluding diaryl/α,β-unsaturated/α-hetero) is 1. The zero-order chi connectivity index (χ0) is 21.3. The zero-order valence-corrected chi connectivity index (χ0v) is 19.3. The van der Waals surface area contributed by atoms with Crippen molar-refractivity contribution in [2.24, 2.45) is 0 Å². The molecule has 2 aromatic carbocycles. The van der Waals surface area contributed by atoms with Gasteiger partial charge < -0.3 is 14.4 Å². The first-order valence-corrected chi connectivity index (χ1v) is 10.7. The van der Waals surface area contributed by atoms with Crippen molar-refractivity contribution >= 4 is 34.5 Å². The Morgan fingerprint density at radius 1 is 1.10 bits per heavy atom. The van der Waals surface area contributed by atoms with Crippen LogP contribution in [0.5, 0.6) is 0 Å². The number of amides is 1. The van der Waals surface area contributed by atoms with Crippen LogP contribution in [-0.4, -0.2) is 43.6 Å². The highest BCUT2D eigenvalue weighted by atomic mass is 127. The molecule has 0 aliphatic heterocycles. The Hall–Kier alpha value is -1.93. The van der Waals surface area contributed by atoms with Gasteiger partial charge >= 0.3 is 6.09 Å². The van der Waals surface area contributed by atoms with Gasteiger partial charge in [-0.15, -0.1) is 0 Å². The molecule has 0 heterocycles. The van der Waals surface area contributed by atoms with Crippen molar-refractivity contribution in [3.05, 3.63) is 69.3 Å². The third-order valence-corrected chi connectivity index (χ3v) is 5.60. The van der Waals surface area contributed by atoms with Crippen molar-refractivity contribution in [3.8, 4) is 0 Å². The SMILES string of the molecule is CC(=O)C(C)(COCCCN(C)C(=O)OCc1ccccc1)c1cccc(I)c1. The predicted molar refractivity (Wildman–Crippen MR) is 122 cm³/mol. The van der Waals surface area contributed by atoms with Crippen molar-refractivity contribution in [1.29, 1.82) is 0 Å². The molecule has 0 N–H and O–H groups in total. The predicted octanol–water partition coefficient (Wildman–Crippen LogP) is 4.81. The van der Waals surface area contributed by atoms with Crippen molar-refractivity contribution in [2.45, 2.75) is 32.3 Å². The molecule has 0 aliphatic rings. The molecular formula is C23H28INO4. The van der Waals surface area contributed by atoms with Gasteiger partial charge in [0.15, 0.2) is 0 Å². The highest BCUT2D eigenvalue weighted by Gasteiger charge is 2.32. The van der Waals surface area contributed by atoms with E-state index in [2.05, 4.69) is 22.6 Å². The topological polar surface area (TPSA) is 55.8 Å². The molecule has 1 unspecified atom stereocenters. The highest BCUT2D eigenvalue weighted by molar-refractivity contribution is 14.1. The molecule has 0 aromatic heterocycles. The number of benzene rings is 2. The minimum atomic E-state index is -0.679. The summed E-state index contributed by atoms with van der Waals surface area (Å²) in [5.74, 6) is 0.0705. The molecule has 0 saturated heterocycles. The van der Waals surface area contributed by atoms with Crippen LogP contribution < -0.4 is 0 Å². The number of nitrogens with zero attached hydrogens (tertiary/aromatic N) is 1. The number of carbonyl (C=O) groups excluding carboxylic acids is 2. The van der Waals surface area contributed by atoms with E-state index in [0.29, 0.717) is 26.2 Å². The lowest BCUT2D eigenvalue weighted by Crippen LogP contribution is -2.36. The monoisotopic (exact) mass is 509 g/mol. The summed E-state index contributed by atoms with van der Waals surface area (Å²) < 4.78 is 12.2. The molecule has 2 rings (SSSR count). The first-order valence-electron chi connectivity index (χ1n) is 9.59. The van der Waals surface area contributed by atoms with Crippen LogP contribution in [0.1, 0.15) is 31.4 Å². The van der Waals surface area contributed by atoms with Gasteiger partial charge in [0.1, 0.15) is 12.4 Å². The summed E-state index contributed by atoms with van der Waals surface area (Å²) in [5, 5.41) is 0. The highest BCUT2D eigenvalue weighted by Crippen LogP contribution is 2.27. The van der Waals surface area contributed by atoms with Gasteiger partial charge in [-0.1, -0.05) is 42.5 Å². The van der Waals surface area contributed by atoms with E-state index in [0.717, 1.165) is 14.7 Å². The van der Waals surface area contributed by atoms with E-state index in [1.54, 1.807) is 14.0 Å². The molecule has 2 aromatic rings. The molecular weight excluding hydrogens is 481 g/mol. The summed E-state index contributed by atoms with van der Waals surface area (Å²) in [6.07, 6.45) is 0.304. The van der Waals surface area contributed by atoms with E-state index in [4.69, 9.17) is 9.47 Å². The Balaban J connectivity index is 1.74. The summed E-state index contributed by atoms with van der Waals surface area (Å²) in [6.45, 7) is 5.06. The maximum atomic E-state index is 12.3. The number of ether oxygens (including phenoxy) is 2. The molecule has 0 fully saturated rings. The number of rotatable bonds is 10. The van der Waals surface area contributed by atoms with Crippen molar-refractivity contribution in [2.75, 3.05) is 26.8 Å². The Bertz CT molecular complexity index is 812. The fraction of sp³-hybridized carbons (Fsp3) is 0.391. The second-order valence-electron chi connectivity index (χ2n) is 7.27. The number of hydrogen-bond donors (Lipinski definition) is 0. The number of halogens is 1. The minimum absolute atomic E-state index is 0.0705. The lowest BCUT2D eigenvalue weighted by atomic mass is 9.80. The smallest absolute Gasteiger partial charge is 0.409 e. The molecule has 0 radical (unpaired) electrons. The van der Waals surface area contributed by atoms with Gasteiger partial charge in [-0.2, -0.15) is 0 Å². The van der Waals surface area contributed by atoms with Crippen LogP contribution in [-0.2, 0) is 26.3 Å². The van der Waals surface area contributed by atoms with E-state index < -0.39 is 5.41 Å². The Labute approximate surface area is 186 Å². The van der Waals surface area contributed by atoms with Crippen molar-refractivity contribution in [1.82, 2.24) is 4.90 Å². The fourth-order valence-corrected chi connectivity index (χ4v) is 3.36. The second-order valence-corrected chi connectivity index (χ2v) is 8.51. The molecule has 29 heavy (non-hydrogen) atoms. The summed E-state index contributed by atoms with van der Waals surface area (Å²) in [6, 6.07) is 17.5. The minimum Gasteiger partial charge on any atom is -0.445 e. The lowest BCUT2D eigenvalue weighted by molar-refractivity contribution is -0.124. The summed E-state index contributed by atoms with van der Waals surface area (Å²) >= 11 is 2.24. The quantitative estimate of drug-likeness (QED) is 0.341. The maximum Gasteiger partial charge on any atom is 0.409 e. The van der Waals surface area contributed by atoms with E-state index in [1.165, 1.54) is 4.90 Å². The van der Waals surface area contributed by atoms with Crippen molar-refractivity contribution in [3.63, 3.8) is 0 Å². The van der Waals surface area contributed by atoms with Crippen LogP contribution in [0.15, 0.2) is 54.6 Å². The molecule has 1 amide bonds. The number of hydrogen-bond acceptors (Lipinski definition) is 4. The maximum absolute atomic E-state index is 12.3. The molecule has 0 saturated carbocycles. The largest absolute Gasteiger partial charge is 0.445 e. The Morgan fingerprint density at radius 2 is 1.83 bits per heavy atom. The molecule has 0 spiro atoms. The van der Waals surface area contributed by atoms with Gasteiger partial charge in [0, 0.05) is 23.8 Å². The summed E-state index contributed by atoms with van der Waals surface area (Å²) in [4.78, 5) is 25.9.